The molecule has 1 aromatic carbocycles. The van der Waals surface area contributed by atoms with Gasteiger partial charge in [-0.25, -0.2) is 0 Å². The number of nitrogens with one attached hydrogen (secondary N) is 2. The molecule has 0 unspecified atom stereocenters. The summed E-state index contributed by atoms with van der Waals surface area (Å²) in [6.07, 6.45) is 5.24. The van der Waals surface area contributed by atoms with Crippen molar-refractivity contribution in [3.63, 3.8) is 0 Å². The van der Waals surface area contributed by atoms with Crippen LogP contribution in [0.15, 0.2) is 30.3 Å². The van der Waals surface area contributed by atoms with E-state index in [1.807, 2.05) is 0 Å². The minimum absolute atomic E-state index is 0.00681. The van der Waals surface area contributed by atoms with Gasteiger partial charge in [0, 0.05) is 29.7 Å². The van der Waals surface area contributed by atoms with Crippen molar-refractivity contribution in [1.82, 2.24) is 9.78 Å². The molecule has 0 atom stereocenters. The number of amides is 2. The molecule has 25 heavy (non-hydrogen) atoms. The average molecular weight is 361 g/mol. The lowest BCUT2D eigenvalue weighted by molar-refractivity contribution is -0.120. The van der Waals surface area contributed by atoms with Crippen molar-refractivity contribution in [2.24, 2.45) is 13.0 Å². The van der Waals surface area contributed by atoms with Gasteiger partial charge in [0.2, 0.25) is 5.91 Å². The first-order valence-electron chi connectivity index (χ1n) is 8.45. The third kappa shape index (κ3) is 4.39. The van der Waals surface area contributed by atoms with E-state index < -0.39 is 0 Å². The van der Waals surface area contributed by atoms with Crippen molar-refractivity contribution in [1.29, 1.82) is 0 Å². The molecule has 7 heteroatoms. The van der Waals surface area contributed by atoms with Crippen LogP contribution in [0.3, 0.4) is 0 Å². The minimum Gasteiger partial charge on any atom is -0.321 e. The van der Waals surface area contributed by atoms with Crippen LogP contribution in [0.1, 0.15) is 42.6 Å². The number of benzene rings is 1. The first-order chi connectivity index (χ1) is 12.0. The summed E-state index contributed by atoms with van der Waals surface area (Å²) in [5, 5.41) is 10.4. The van der Waals surface area contributed by atoms with E-state index in [0.717, 1.165) is 25.7 Å². The van der Waals surface area contributed by atoms with Gasteiger partial charge in [0.05, 0.1) is 0 Å². The number of carbonyl (C=O) groups is 2. The summed E-state index contributed by atoms with van der Waals surface area (Å²) in [6, 6.07) is 8.42. The molecule has 1 fully saturated rings. The van der Waals surface area contributed by atoms with Crippen LogP contribution in [-0.4, -0.2) is 21.6 Å². The lowest BCUT2D eigenvalue weighted by atomic mass is 9.89. The van der Waals surface area contributed by atoms with Crippen LogP contribution in [0.2, 0.25) is 5.02 Å². The van der Waals surface area contributed by atoms with Crippen molar-refractivity contribution < 1.29 is 9.59 Å². The van der Waals surface area contributed by atoms with Gasteiger partial charge >= 0.3 is 0 Å². The van der Waals surface area contributed by atoms with Gasteiger partial charge in [0.1, 0.15) is 5.82 Å². The van der Waals surface area contributed by atoms with Crippen LogP contribution < -0.4 is 10.6 Å². The summed E-state index contributed by atoms with van der Waals surface area (Å²) in [7, 11) is 1.70. The third-order valence-electron chi connectivity index (χ3n) is 4.44. The van der Waals surface area contributed by atoms with Gasteiger partial charge in [0.15, 0.2) is 5.69 Å². The summed E-state index contributed by atoms with van der Waals surface area (Å²) >= 11 is 5.83. The molecule has 1 aliphatic rings. The predicted molar refractivity (Wildman–Crippen MR) is 97.8 cm³/mol. The largest absolute Gasteiger partial charge is 0.321 e. The van der Waals surface area contributed by atoms with Crippen LogP contribution in [0, 0.1) is 5.92 Å². The normalized spacial score (nSPS) is 15.0. The van der Waals surface area contributed by atoms with E-state index in [1.165, 1.54) is 11.1 Å². The SMILES string of the molecule is Cn1nc(C(=O)Nc2ccc(Cl)cc2)cc1NC(=O)C1CCCCC1. The highest BCUT2D eigenvalue weighted by molar-refractivity contribution is 6.30. The minimum atomic E-state index is -0.337. The number of rotatable bonds is 4. The van der Waals surface area contributed by atoms with Gasteiger partial charge < -0.3 is 10.6 Å². The highest BCUT2D eigenvalue weighted by atomic mass is 35.5. The quantitative estimate of drug-likeness (QED) is 0.869. The molecule has 1 saturated carbocycles. The molecule has 6 nitrogen and oxygen atoms in total. The van der Waals surface area contributed by atoms with Crippen molar-refractivity contribution in [3.05, 3.63) is 41.0 Å². The summed E-state index contributed by atoms with van der Waals surface area (Å²) < 4.78 is 1.51. The summed E-state index contributed by atoms with van der Waals surface area (Å²) in [6.45, 7) is 0. The molecule has 0 aliphatic heterocycles. The first kappa shape index (κ1) is 17.5. The van der Waals surface area contributed by atoms with Crippen molar-refractivity contribution in [3.8, 4) is 0 Å². The lowest BCUT2D eigenvalue weighted by Gasteiger charge is -2.20. The highest BCUT2D eigenvalue weighted by Gasteiger charge is 2.22. The second kappa shape index (κ2) is 7.70. The third-order valence-corrected chi connectivity index (χ3v) is 4.69. The molecule has 0 saturated heterocycles. The molecule has 132 valence electrons. The van der Waals surface area contributed by atoms with Gasteiger partial charge in [-0.3, -0.25) is 14.3 Å². The van der Waals surface area contributed by atoms with Gasteiger partial charge in [0.25, 0.3) is 5.91 Å². The van der Waals surface area contributed by atoms with Crippen LogP contribution in [0.5, 0.6) is 0 Å². The fourth-order valence-electron chi connectivity index (χ4n) is 3.02. The zero-order valence-electron chi connectivity index (χ0n) is 14.1. The maximum absolute atomic E-state index is 12.4. The maximum atomic E-state index is 12.4. The number of hydrogen-bond acceptors (Lipinski definition) is 3. The Labute approximate surface area is 151 Å². The number of carbonyl (C=O) groups excluding carboxylic acids is 2. The zero-order valence-corrected chi connectivity index (χ0v) is 14.8. The summed E-state index contributed by atoms with van der Waals surface area (Å²) in [4.78, 5) is 24.7. The Balaban J connectivity index is 1.65. The average Bonchev–Trinajstić information content (AvgIpc) is 2.98. The molecule has 0 bridgehead atoms. The number of aromatic nitrogens is 2. The van der Waals surface area contributed by atoms with Crippen molar-refractivity contribution >= 4 is 34.9 Å². The fourth-order valence-corrected chi connectivity index (χ4v) is 3.14. The van der Waals surface area contributed by atoms with Gasteiger partial charge in [-0.1, -0.05) is 30.9 Å². The first-order valence-corrected chi connectivity index (χ1v) is 8.82. The van der Waals surface area contributed by atoms with E-state index in [0.29, 0.717) is 16.5 Å². The van der Waals surface area contributed by atoms with E-state index in [2.05, 4.69) is 15.7 Å². The molecule has 1 aliphatic carbocycles. The molecule has 1 aromatic heterocycles. The van der Waals surface area contributed by atoms with E-state index in [9.17, 15) is 9.59 Å². The van der Waals surface area contributed by atoms with Gasteiger partial charge in [-0.15, -0.1) is 0 Å². The van der Waals surface area contributed by atoms with E-state index in [-0.39, 0.29) is 23.4 Å². The molecule has 2 amide bonds. The summed E-state index contributed by atoms with van der Waals surface area (Å²) in [5.41, 5.74) is 0.879. The molecule has 2 aromatic rings. The Kier molecular flexibility index (Phi) is 5.38. The smallest absolute Gasteiger partial charge is 0.276 e. The Morgan fingerprint density at radius 3 is 2.48 bits per heavy atom. The Bertz CT molecular complexity index is 764. The van der Waals surface area contributed by atoms with Crippen LogP contribution >= 0.6 is 11.6 Å². The van der Waals surface area contributed by atoms with Crippen LogP contribution in [-0.2, 0) is 11.8 Å². The molecule has 2 N–H and O–H groups in total. The number of anilines is 2. The highest BCUT2D eigenvalue weighted by Crippen LogP contribution is 2.25. The van der Waals surface area contributed by atoms with Crippen molar-refractivity contribution in [2.45, 2.75) is 32.1 Å². The number of aryl methyl sites for hydroxylation is 1. The second-order valence-electron chi connectivity index (χ2n) is 6.32. The fraction of sp³-hybridized carbons (Fsp3) is 0.389. The number of hydrogen-bond donors (Lipinski definition) is 2. The molecule has 0 spiro atoms. The van der Waals surface area contributed by atoms with E-state index >= 15 is 0 Å². The monoisotopic (exact) mass is 360 g/mol. The Hall–Kier alpha value is -2.34. The Morgan fingerprint density at radius 2 is 1.80 bits per heavy atom. The van der Waals surface area contributed by atoms with E-state index in [1.54, 1.807) is 37.4 Å². The second-order valence-corrected chi connectivity index (χ2v) is 6.76. The lowest BCUT2D eigenvalue weighted by Crippen LogP contribution is -2.25. The van der Waals surface area contributed by atoms with Gasteiger partial charge in [-0.05, 0) is 37.1 Å². The zero-order chi connectivity index (χ0) is 17.8. The van der Waals surface area contributed by atoms with Crippen LogP contribution in [0.25, 0.3) is 0 Å². The maximum Gasteiger partial charge on any atom is 0.276 e. The molecule has 3 rings (SSSR count). The van der Waals surface area contributed by atoms with Crippen LogP contribution in [0.4, 0.5) is 11.5 Å². The molecular formula is C18H21ClN4O2. The number of halogens is 1. The summed E-state index contributed by atoms with van der Waals surface area (Å²) in [5.74, 6) is 0.246. The standard InChI is InChI=1S/C18H21ClN4O2/c1-23-16(21-17(24)12-5-3-2-4-6-12)11-15(22-23)18(25)20-14-9-7-13(19)8-10-14/h7-12H,2-6H2,1H3,(H,20,25)(H,21,24). The molecule has 0 radical (unpaired) electrons. The Morgan fingerprint density at radius 1 is 1.12 bits per heavy atom. The molecular weight excluding hydrogens is 340 g/mol. The topological polar surface area (TPSA) is 76.0 Å². The van der Waals surface area contributed by atoms with E-state index in [4.69, 9.17) is 11.6 Å². The molecule has 1 heterocycles. The number of nitrogens with zero attached hydrogens (tertiary/aromatic N) is 2. The van der Waals surface area contributed by atoms with Crippen molar-refractivity contribution in [2.75, 3.05) is 10.6 Å². The predicted octanol–water partition coefficient (Wildman–Crippen LogP) is 3.84. The van der Waals surface area contributed by atoms with Gasteiger partial charge in [-0.2, -0.15) is 5.10 Å².